The fraction of sp³-hybridized carbons (Fsp3) is 0.737. The van der Waals surface area contributed by atoms with Crippen molar-refractivity contribution in [1.29, 1.82) is 0 Å². The van der Waals surface area contributed by atoms with E-state index in [1.807, 2.05) is 6.08 Å². The summed E-state index contributed by atoms with van der Waals surface area (Å²) >= 11 is 6.76. The smallest absolute Gasteiger partial charge is 0.155 e. The van der Waals surface area contributed by atoms with Gasteiger partial charge in [-0.05, 0) is 72.3 Å². The number of halogens is 1. The molecule has 0 aromatic rings. The third kappa shape index (κ3) is 1.86. The third-order valence-corrected chi connectivity index (χ3v) is 7.68. The van der Waals surface area contributed by atoms with E-state index in [9.17, 15) is 4.79 Å². The van der Waals surface area contributed by atoms with Crippen LogP contribution in [0, 0.1) is 28.6 Å². The fourth-order valence-corrected chi connectivity index (χ4v) is 6.56. The van der Waals surface area contributed by atoms with Gasteiger partial charge in [0.1, 0.15) is 0 Å². The van der Waals surface area contributed by atoms with Crippen LogP contribution in [0.5, 0.6) is 0 Å². The van der Waals surface area contributed by atoms with Crippen molar-refractivity contribution in [2.45, 2.75) is 57.7 Å². The molecule has 0 heterocycles. The minimum atomic E-state index is 0.0726. The summed E-state index contributed by atoms with van der Waals surface area (Å²) in [5.74, 6) is 2.52. The maximum atomic E-state index is 11.9. The largest absolute Gasteiger partial charge is 0.295 e. The molecule has 114 valence electrons. The summed E-state index contributed by atoms with van der Waals surface area (Å²) in [6, 6.07) is 0. The van der Waals surface area contributed by atoms with Crippen LogP contribution in [0.2, 0.25) is 0 Å². The Morgan fingerprint density at radius 2 is 2.05 bits per heavy atom. The van der Waals surface area contributed by atoms with Gasteiger partial charge in [-0.3, -0.25) is 4.79 Å². The molecule has 0 aromatic heterocycles. The third-order valence-electron chi connectivity index (χ3n) is 7.26. The van der Waals surface area contributed by atoms with Gasteiger partial charge >= 0.3 is 0 Å². The Kier molecular flexibility index (Phi) is 2.99. The zero-order valence-corrected chi connectivity index (χ0v) is 13.8. The number of alkyl halides is 1. The van der Waals surface area contributed by atoms with E-state index in [2.05, 4.69) is 26.0 Å². The highest BCUT2D eigenvalue weighted by molar-refractivity contribution is 6.23. The van der Waals surface area contributed by atoms with Gasteiger partial charge in [0.2, 0.25) is 0 Å². The van der Waals surface area contributed by atoms with Crippen LogP contribution >= 0.6 is 11.6 Å². The van der Waals surface area contributed by atoms with Crippen molar-refractivity contribution in [3.63, 3.8) is 0 Å². The van der Waals surface area contributed by atoms with Crippen LogP contribution in [0.4, 0.5) is 0 Å². The Labute approximate surface area is 132 Å². The maximum Gasteiger partial charge on any atom is 0.155 e. The van der Waals surface area contributed by atoms with Crippen LogP contribution in [0.1, 0.15) is 52.4 Å². The molecule has 2 fully saturated rings. The topological polar surface area (TPSA) is 17.1 Å². The molecule has 4 aliphatic rings. The second-order valence-electron chi connectivity index (χ2n) is 8.25. The Morgan fingerprint density at radius 3 is 2.86 bits per heavy atom. The van der Waals surface area contributed by atoms with Crippen LogP contribution in [-0.4, -0.2) is 11.2 Å². The maximum absolute atomic E-state index is 11.9. The predicted octanol–water partition coefficient (Wildman–Crippen LogP) is 4.90. The standard InChI is InChI=1S/C19H25ClO/c1-18-7-3-4-14(18)13-11-17(20)16-10-12(21)5-9-19(16,2)15(13)6-8-18/h3,7,10,13-15,17H,4-6,8-9,11H2,1-2H3/t13?,14?,15?,17-,18+,19-/m1/s1. The van der Waals surface area contributed by atoms with E-state index in [4.69, 9.17) is 11.6 Å². The number of hydrogen-bond donors (Lipinski definition) is 0. The average molecular weight is 305 g/mol. The molecule has 0 bridgehead atoms. The molecule has 0 aliphatic heterocycles. The lowest BCUT2D eigenvalue weighted by Gasteiger charge is -2.58. The molecule has 0 aromatic carbocycles. The van der Waals surface area contributed by atoms with Crippen LogP contribution in [0.15, 0.2) is 23.8 Å². The summed E-state index contributed by atoms with van der Waals surface area (Å²) in [5, 5.41) is 0.0726. The number of hydrogen-bond acceptors (Lipinski definition) is 1. The minimum absolute atomic E-state index is 0.0726. The van der Waals surface area contributed by atoms with Crippen LogP contribution in [0.3, 0.4) is 0 Å². The number of fused-ring (bicyclic) bond motifs is 5. The van der Waals surface area contributed by atoms with E-state index in [1.165, 1.54) is 24.8 Å². The highest BCUT2D eigenvalue weighted by Gasteiger charge is 2.57. The summed E-state index contributed by atoms with van der Waals surface area (Å²) < 4.78 is 0. The van der Waals surface area contributed by atoms with E-state index in [-0.39, 0.29) is 16.6 Å². The Balaban J connectivity index is 1.74. The molecule has 4 aliphatic carbocycles. The summed E-state index contributed by atoms with van der Waals surface area (Å²) in [7, 11) is 0. The highest BCUT2D eigenvalue weighted by Crippen LogP contribution is 2.64. The molecule has 1 nitrogen and oxygen atoms in total. The van der Waals surface area contributed by atoms with Gasteiger partial charge in [-0.1, -0.05) is 26.0 Å². The van der Waals surface area contributed by atoms with Crippen molar-refractivity contribution in [1.82, 2.24) is 0 Å². The number of carbonyl (C=O) groups excluding carboxylic acids is 1. The first-order valence-corrected chi connectivity index (χ1v) is 8.94. The zero-order valence-electron chi connectivity index (χ0n) is 13.1. The highest BCUT2D eigenvalue weighted by atomic mass is 35.5. The normalized spacial score (nSPS) is 52.0. The molecular weight excluding hydrogens is 280 g/mol. The van der Waals surface area contributed by atoms with E-state index in [1.54, 1.807) is 0 Å². The lowest BCUT2D eigenvalue weighted by atomic mass is 9.47. The van der Waals surface area contributed by atoms with Gasteiger partial charge in [-0.2, -0.15) is 0 Å². The quantitative estimate of drug-likeness (QED) is 0.459. The SMILES string of the molecule is C[C@@]12C=CCC1C1C[C@@H](Cl)C3=CC(=O)CC[C@]3(C)C1CC2. The Morgan fingerprint density at radius 1 is 1.24 bits per heavy atom. The second kappa shape index (κ2) is 4.47. The molecule has 3 unspecified atom stereocenters. The molecule has 4 rings (SSSR count). The molecule has 6 atom stereocenters. The van der Waals surface area contributed by atoms with E-state index < -0.39 is 0 Å². The molecule has 2 saturated carbocycles. The molecule has 0 amide bonds. The number of allylic oxidation sites excluding steroid dienone is 4. The van der Waals surface area contributed by atoms with Crippen molar-refractivity contribution >= 4 is 17.4 Å². The van der Waals surface area contributed by atoms with Gasteiger partial charge in [0.15, 0.2) is 5.78 Å². The van der Waals surface area contributed by atoms with Gasteiger partial charge in [0, 0.05) is 6.42 Å². The zero-order chi connectivity index (χ0) is 14.8. The number of carbonyl (C=O) groups is 1. The van der Waals surface area contributed by atoms with E-state index in [0.717, 1.165) is 30.6 Å². The Bertz CT molecular complexity index is 548. The van der Waals surface area contributed by atoms with Crippen molar-refractivity contribution in [2.75, 3.05) is 0 Å². The second-order valence-corrected chi connectivity index (χ2v) is 8.77. The van der Waals surface area contributed by atoms with Crippen LogP contribution < -0.4 is 0 Å². The van der Waals surface area contributed by atoms with Crippen molar-refractivity contribution in [3.8, 4) is 0 Å². The molecule has 0 spiro atoms. The molecule has 0 radical (unpaired) electrons. The van der Waals surface area contributed by atoms with Gasteiger partial charge in [0.25, 0.3) is 0 Å². The molecule has 0 saturated heterocycles. The Hall–Kier alpha value is -0.560. The molecule has 21 heavy (non-hydrogen) atoms. The van der Waals surface area contributed by atoms with Gasteiger partial charge < -0.3 is 0 Å². The first kappa shape index (κ1) is 14.1. The summed E-state index contributed by atoms with van der Waals surface area (Å²) in [6.45, 7) is 4.83. The van der Waals surface area contributed by atoms with Gasteiger partial charge in [-0.25, -0.2) is 0 Å². The van der Waals surface area contributed by atoms with Gasteiger partial charge in [-0.15, -0.1) is 11.6 Å². The molecular formula is C19H25ClO. The van der Waals surface area contributed by atoms with E-state index >= 15 is 0 Å². The average Bonchev–Trinajstić information content (AvgIpc) is 2.83. The van der Waals surface area contributed by atoms with Crippen molar-refractivity contribution < 1.29 is 4.79 Å². The fourth-order valence-electron chi connectivity index (χ4n) is 6.04. The first-order chi connectivity index (χ1) is 9.94. The predicted molar refractivity (Wildman–Crippen MR) is 86.3 cm³/mol. The van der Waals surface area contributed by atoms with Crippen LogP contribution in [-0.2, 0) is 4.79 Å². The lowest BCUT2D eigenvalue weighted by molar-refractivity contribution is -0.117. The van der Waals surface area contributed by atoms with Crippen molar-refractivity contribution in [3.05, 3.63) is 23.8 Å². The monoisotopic (exact) mass is 304 g/mol. The molecule has 0 N–H and O–H groups in total. The lowest BCUT2D eigenvalue weighted by Crippen LogP contribution is -2.52. The van der Waals surface area contributed by atoms with E-state index in [0.29, 0.717) is 11.8 Å². The van der Waals surface area contributed by atoms with Crippen LogP contribution in [0.25, 0.3) is 0 Å². The molecule has 2 heteroatoms. The summed E-state index contributed by atoms with van der Waals surface area (Å²) in [5.41, 5.74) is 1.84. The number of ketones is 1. The summed E-state index contributed by atoms with van der Waals surface area (Å²) in [4.78, 5) is 11.9. The van der Waals surface area contributed by atoms with Gasteiger partial charge in [0.05, 0.1) is 5.38 Å². The summed E-state index contributed by atoms with van der Waals surface area (Å²) in [6.07, 6.45) is 13.4. The first-order valence-electron chi connectivity index (χ1n) is 8.51. The number of rotatable bonds is 0. The van der Waals surface area contributed by atoms with Crippen molar-refractivity contribution in [2.24, 2.45) is 28.6 Å². The minimum Gasteiger partial charge on any atom is -0.295 e.